The smallest absolute Gasteiger partial charge is 0.261 e. The highest BCUT2D eigenvalue weighted by Crippen LogP contribution is 2.33. The van der Waals surface area contributed by atoms with Crippen LogP contribution in [0.25, 0.3) is 0 Å². The van der Waals surface area contributed by atoms with Gasteiger partial charge in [-0.3, -0.25) is 4.79 Å². The van der Waals surface area contributed by atoms with Gasteiger partial charge in [-0.25, -0.2) is 0 Å². The van der Waals surface area contributed by atoms with E-state index in [4.69, 9.17) is 9.47 Å². The number of aryl methyl sites for hydroxylation is 1. The second kappa shape index (κ2) is 6.95. The lowest BCUT2D eigenvalue weighted by molar-refractivity contribution is 0.0955. The fourth-order valence-electron chi connectivity index (χ4n) is 3.24. The molecule has 5 heteroatoms. The number of carbonyl (C=O) groups excluding carboxylic acids is 1. The summed E-state index contributed by atoms with van der Waals surface area (Å²) in [6.45, 7) is 2.17. The molecule has 126 valence electrons. The number of hydrogen-bond acceptors (Lipinski definition) is 4. The number of carbonyl (C=O) groups is 1. The van der Waals surface area contributed by atoms with Crippen molar-refractivity contribution in [3.8, 4) is 5.75 Å². The normalized spacial score (nSPS) is 19.6. The van der Waals surface area contributed by atoms with Crippen LogP contribution in [-0.4, -0.2) is 19.1 Å². The van der Waals surface area contributed by atoms with Crippen molar-refractivity contribution in [3.05, 3.63) is 51.2 Å². The molecule has 0 saturated carbocycles. The van der Waals surface area contributed by atoms with E-state index in [2.05, 4.69) is 11.4 Å². The van der Waals surface area contributed by atoms with Crippen LogP contribution in [0.15, 0.2) is 30.3 Å². The minimum absolute atomic E-state index is 0.0155. The van der Waals surface area contributed by atoms with E-state index in [0.29, 0.717) is 6.54 Å². The number of fused-ring (bicyclic) bond motifs is 1. The molecule has 24 heavy (non-hydrogen) atoms. The maximum Gasteiger partial charge on any atom is 0.261 e. The molecule has 0 bridgehead atoms. The van der Waals surface area contributed by atoms with Gasteiger partial charge in [0.05, 0.1) is 17.6 Å². The monoisotopic (exact) mass is 343 g/mol. The van der Waals surface area contributed by atoms with Crippen LogP contribution in [0.5, 0.6) is 5.75 Å². The molecule has 2 aliphatic rings. The molecule has 0 aliphatic carbocycles. The van der Waals surface area contributed by atoms with E-state index in [0.717, 1.165) is 60.0 Å². The summed E-state index contributed by atoms with van der Waals surface area (Å²) in [6.07, 6.45) is 4.44. The maximum absolute atomic E-state index is 12.4. The minimum atomic E-state index is -0.0155. The Kier molecular flexibility index (Phi) is 4.54. The number of benzene rings is 1. The molecule has 1 aromatic carbocycles. The summed E-state index contributed by atoms with van der Waals surface area (Å²) in [5.74, 6) is 0.967. The Morgan fingerprint density at radius 3 is 3.04 bits per heavy atom. The summed E-state index contributed by atoms with van der Waals surface area (Å²) >= 11 is 1.54. The SMILES string of the molecule is O=C(NCc1ccc2c(c1)CCCO2)c1ccc([C@@H]2CCCO2)s1. The van der Waals surface area contributed by atoms with Gasteiger partial charge in [0.15, 0.2) is 0 Å². The molecule has 1 saturated heterocycles. The predicted octanol–water partition coefficient (Wildman–Crippen LogP) is 3.85. The fraction of sp³-hybridized carbons (Fsp3) is 0.421. The molecule has 1 amide bonds. The van der Waals surface area contributed by atoms with Crippen molar-refractivity contribution in [2.24, 2.45) is 0 Å². The van der Waals surface area contributed by atoms with E-state index in [-0.39, 0.29) is 12.0 Å². The van der Waals surface area contributed by atoms with Gasteiger partial charge in [-0.15, -0.1) is 11.3 Å². The maximum atomic E-state index is 12.4. The Labute approximate surface area is 145 Å². The van der Waals surface area contributed by atoms with Gasteiger partial charge in [-0.2, -0.15) is 0 Å². The number of hydrogen-bond donors (Lipinski definition) is 1. The standard InChI is InChI=1S/C19H21NO3S/c21-19(18-8-7-17(24-18)16-4-2-10-23-16)20-12-13-5-6-15-14(11-13)3-1-9-22-15/h5-8,11,16H,1-4,9-10,12H2,(H,20,21)/t16-/m0/s1. The van der Waals surface area contributed by atoms with Crippen LogP contribution in [0.1, 0.15) is 51.0 Å². The van der Waals surface area contributed by atoms with E-state index in [9.17, 15) is 4.79 Å². The highest BCUT2D eigenvalue weighted by atomic mass is 32.1. The first kappa shape index (κ1) is 15.7. The number of ether oxygens (including phenoxy) is 2. The second-order valence-corrected chi connectivity index (χ2v) is 7.40. The van der Waals surface area contributed by atoms with E-state index in [1.54, 1.807) is 0 Å². The van der Waals surface area contributed by atoms with Crippen molar-refractivity contribution < 1.29 is 14.3 Å². The molecule has 4 nitrogen and oxygen atoms in total. The average molecular weight is 343 g/mol. The lowest BCUT2D eigenvalue weighted by Crippen LogP contribution is -2.22. The Hall–Kier alpha value is -1.85. The van der Waals surface area contributed by atoms with Gasteiger partial charge >= 0.3 is 0 Å². The van der Waals surface area contributed by atoms with Crippen LogP contribution in [0, 0.1) is 0 Å². The summed E-state index contributed by atoms with van der Waals surface area (Å²) in [5.41, 5.74) is 2.35. The Bertz CT molecular complexity index is 734. The van der Waals surface area contributed by atoms with E-state index < -0.39 is 0 Å². The van der Waals surface area contributed by atoms with Crippen molar-refractivity contribution in [3.63, 3.8) is 0 Å². The molecular formula is C19H21NO3S. The van der Waals surface area contributed by atoms with E-state index >= 15 is 0 Å². The first-order chi connectivity index (χ1) is 11.8. The second-order valence-electron chi connectivity index (χ2n) is 6.28. The average Bonchev–Trinajstić information content (AvgIpc) is 3.30. The number of rotatable bonds is 4. The Balaban J connectivity index is 1.38. The lowest BCUT2D eigenvalue weighted by atomic mass is 10.0. The zero-order valence-corrected chi connectivity index (χ0v) is 14.4. The molecule has 1 aromatic heterocycles. The summed E-state index contributed by atoms with van der Waals surface area (Å²) in [4.78, 5) is 14.3. The molecule has 1 N–H and O–H groups in total. The molecule has 3 heterocycles. The van der Waals surface area contributed by atoms with Crippen LogP contribution in [0.2, 0.25) is 0 Å². The molecule has 0 spiro atoms. The van der Waals surface area contributed by atoms with E-state index in [1.165, 1.54) is 16.9 Å². The zero-order valence-electron chi connectivity index (χ0n) is 13.5. The van der Waals surface area contributed by atoms with Crippen LogP contribution in [0.4, 0.5) is 0 Å². The van der Waals surface area contributed by atoms with Crippen LogP contribution >= 0.6 is 11.3 Å². The first-order valence-electron chi connectivity index (χ1n) is 8.54. The third-order valence-electron chi connectivity index (χ3n) is 4.52. The van der Waals surface area contributed by atoms with Gasteiger partial charge in [0, 0.05) is 18.0 Å². The molecule has 0 unspecified atom stereocenters. The van der Waals surface area contributed by atoms with Gasteiger partial charge in [-0.05, 0) is 55.0 Å². The Morgan fingerprint density at radius 2 is 2.17 bits per heavy atom. The van der Waals surface area contributed by atoms with Crippen molar-refractivity contribution in [2.45, 2.75) is 38.3 Å². The zero-order chi connectivity index (χ0) is 16.4. The van der Waals surface area contributed by atoms with Crippen LogP contribution in [0.3, 0.4) is 0 Å². The van der Waals surface area contributed by atoms with Crippen LogP contribution < -0.4 is 10.1 Å². The quantitative estimate of drug-likeness (QED) is 0.917. The van der Waals surface area contributed by atoms with Gasteiger partial charge in [-0.1, -0.05) is 12.1 Å². The van der Waals surface area contributed by atoms with Crippen molar-refractivity contribution >= 4 is 17.2 Å². The minimum Gasteiger partial charge on any atom is -0.493 e. The van der Waals surface area contributed by atoms with Crippen molar-refractivity contribution in [2.75, 3.05) is 13.2 Å². The van der Waals surface area contributed by atoms with Crippen molar-refractivity contribution in [1.82, 2.24) is 5.32 Å². The molecule has 0 radical (unpaired) electrons. The predicted molar refractivity (Wildman–Crippen MR) is 93.7 cm³/mol. The topological polar surface area (TPSA) is 47.6 Å². The molecule has 2 aliphatic heterocycles. The van der Waals surface area contributed by atoms with Gasteiger partial charge < -0.3 is 14.8 Å². The molecule has 4 rings (SSSR count). The molecule has 2 aromatic rings. The Morgan fingerprint density at radius 1 is 1.21 bits per heavy atom. The summed E-state index contributed by atoms with van der Waals surface area (Å²) in [5, 5.41) is 3.02. The van der Waals surface area contributed by atoms with Gasteiger partial charge in [0.25, 0.3) is 5.91 Å². The lowest BCUT2D eigenvalue weighted by Gasteiger charge is -2.18. The number of amides is 1. The number of thiophene rings is 1. The van der Waals surface area contributed by atoms with Crippen molar-refractivity contribution in [1.29, 1.82) is 0 Å². The largest absolute Gasteiger partial charge is 0.493 e. The third kappa shape index (κ3) is 3.32. The molecular weight excluding hydrogens is 322 g/mol. The van der Waals surface area contributed by atoms with Gasteiger partial charge in [0.1, 0.15) is 5.75 Å². The first-order valence-corrected chi connectivity index (χ1v) is 9.35. The summed E-state index contributed by atoms with van der Waals surface area (Å²) < 4.78 is 11.3. The fourth-order valence-corrected chi connectivity index (χ4v) is 4.25. The highest BCUT2D eigenvalue weighted by molar-refractivity contribution is 7.14. The highest BCUT2D eigenvalue weighted by Gasteiger charge is 2.21. The molecule has 1 fully saturated rings. The van der Waals surface area contributed by atoms with Gasteiger partial charge in [0.2, 0.25) is 0 Å². The summed E-state index contributed by atoms with van der Waals surface area (Å²) in [7, 11) is 0. The number of nitrogens with one attached hydrogen (secondary N) is 1. The van der Waals surface area contributed by atoms with E-state index in [1.807, 2.05) is 24.3 Å². The third-order valence-corrected chi connectivity index (χ3v) is 5.70. The van der Waals surface area contributed by atoms with Crippen LogP contribution in [-0.2, 0) is 17.7 Å². The summed E-state index contributed by atoms with van der Waals surface area (Å²) in [6, 6.07) is 10.1. The molecule has 1 atom stereocenters.